The maximum absolute atomic E-state index is 13.1. The third kappa shape index (κ3) is 12.7. The van der Waals surface area contributed by atoms with Crippen molar-refractivity contribution in [3.8, 4) is 0 Å². The minimum atomic E-state index is -4.18. The van der Waals surface area contributed by atoms with E-state index in [0.29, 0.717) is 6.61 Å². The van der Waals surface area contributed by atoms with Crippen molar-refractivity contribution in [2.45, 2.75) is 12.2 Å². The van der Waals surface area contributed by atoms with E-state index in [1.54, 1.807) is 0 Å². The normalized spacial score (nSPS) is 12.4. The molecule has 0 aromatic heterocycles. The SMILES string of the molecule is C=CCOCCOCOCC(F)(F)OC(F)(F)COCC=C. The van der Waals surface area contributed by atoms with Gasteiger partial charge in [0.1, 0.15) is 20.0 Å². The van der Waals surface area contributed by atoms with Crippen LogP contribution in [0.4, 0.5) is 17.6 Å². The maximum atomic E-state index is 13.1. The minimum absolute atomic E-state index is 0.103. The first-order valence-corrected chi connectivity index (χ1v) is 6.31. The molecule has 0 radical (unpaired) electrons. The van der Waals surface area contributed by atoms with E-state index in [1.807, 2.05) is 0 Å². The van der Waals surface area contributed by atoms with Gasteiger partial charge in [-0.2, -0.15) is 17.6 Å². The zero-order valence-corrected chi connectivity index (χ0v) is 12.1. The van der Waals surface area contributed by atoms with Crippen LogP contribution in [0.15, 0.2) is 25.3 Å². The molecule has 0 aliphatic rings. The predicted octanol–water partition coefficient (Wildman–Crippen LogP) is 2.58. The summed E-state index contributed by atoms with van der Waals surface area (Å²) in [5, 5.41) is 0. The zero-order valence-electron chi connectivity index (χ0n) is 12.1. The lowest BCUT2D eigenvalue weighted by Gasteiger charge is -2.23. The molecule has 0 heterocycles. The zero-order chi connectivity index (χ0) is 16.9. The van der Waals surface area contributed by atoms with Crippen LogP contribution in [-0.4, -0.2) is 58.7 Å². The van der Waals surface area contributed by atoms with Crippen molar-refractivity contribution in [2.24, 2.45) is 0 Å². The molecular formula is C13H20F4O5. The summed E-state index contributed by atoms with van der Waals surface area (Å²) in [6.07, 6.45) is -5.58. The van der Waals surface area contributed by atoms with Crippen molar-refractivity contribution in [2.75, 3.05) is 46.4 Å². The molecular weight excluding hydrogens is 312 g/mol. The van der Waals surface area contributed by atoms with Crippen LogP contribution in [0.3, 0.4) is 0 Å². The molecule has 0 saturated carbocycles. The maximum Gasteiger partial charge on any atom is 0.383 e. The van der Waals surface area contributed by atoms with Crippen LogP contribution in [0, 0.1) is 0 Å². The second-order valence-electron chi connectivity index (χ2n) is 3.92. The van der Waals surface area contributed by atoms with Crippen LogP contribution in [0.1, 0.15) is 0 Å². The molecule has 9 heteroatoms. The lowest BCUT2D eigenvalue weighted by atomic mass is 10.6. The Morgan fingerprint density at radius 2 is 1.23 bits per heavy atom. The standard InChI is InChI=1S/C13H20F4O5/c1-3-5-18-7-8-20-11-21-10-13(16,17)22-12(14,15)9-19-6-4-2/h3-4H,1-2,5-11H2. The van der Waals surface area contributed by atoms with E-state index < -0.39 is 32.2 Å². The summed E-state index contributed by atoms with van der Waals surface area (Å²) in [6.45, 7) is 3.91. The number of alkyl halides is 4. The van der Waals surface area contributed by atoms with E-state index >= 15 is 0 Å². The van der Waals surface area contributed by atoms with Crippen molar-refractivity contribution < 1.29 is 41.2 Å². The highest BCUT2D eigenvalue weighted by atomic mass is 19.3. The first kappa shape index (κ1) is 21.0. The van der Waals surface area contributed by atoms with Crippen molar-refractivity contribution in [1.29, 1.82) is 0 Å². The Morgan fingerprint density at radius 1 is 0.727 bits per heavy atom. The van der Waals surface area contributed by atoms with Gasteiger partial charge in [-0.1, -0.05) is 12.2 Å². The lowest BCUT2D eigenvalue weighted by Crippen LogP contribution is -2.39. The third-order valence-electron chi connectivity index (χ3n) is 1.85. The highest BCUT2D eigenvalue weighted by Crippen LogP contribution is 2.27. The number of hydrogen-bond acceptors (Lipinski definition) is 5. The largest absolute Gasteiger partial charge is 0.383 e. The Hall–Kier alpha value is -1.00. The third-order valence-corrected chi connectivity index (χ3v) is 1.85. The summed E-state index contributed by atoms with van der Waals surface area (Å²) in [7, 11) is 0. The number of rotatable bonds is 15. The Bertz CT molecular complexity index is 313. The quantitative estimate of drug-likeness (QED) is 0.200. The van der Waals surface area contributed by atoms with Gasteiger partial charge < -0.3 is 18.9 Å². The van der Waals surface area contributed by atoms with Gasteiger partial charge in [0, 0.05) is 0 Å². The molecule has 130 valence electrons. The number of ether oxygens (including phenoxy) is 5. The first-order valence-electron chi connectivity index (χ1n) is 6.31. The highest BCUT2D eigenvalue weighted by Gasteiger charge is 2.44. The molecule has 0 aliphatic carbocycles. The van der Waals surface area contributed by atoms with E-state index in [4.69, 9.17) is 9.47 Å². The molecule has 0 aliphatic heterocycles. The van der Waals surface area contributed by atoms with Crippen molar-refractivity contribution in [3.05, 3.63) is 25.3 Å². The van der Waals surface area contributed by atoms with Gasteiger partial charge in [0.05, 0.1) is 26.4 Å². The van der Waals surface area contributed by atoms with Gasteiger partial charge in [-0.25, -0.2) is 0 Å². The molecule has 0 aromatic rings. The topological polar surface area (TPSA) is 46.2 Å². The van der Waals surface area contributed by atoms with Crippen molar-refractivity contribution >= 4 is 0 Å². The lowest BCUT2D eigenvalue weighted by molar-refractivity contribution is -0.395. The van der Waals surface area contributed by atoms with Crippen molar-refractivity contribution in [1.82, 2.24) is 0 Å². The summed E-state index contributed by atoms with van der Waals surface area (Å²) >= 11 is 0. The van der Waals surface area contributed by atoms with Gasteiger partial charge in [0.25, 0.3) is 0 Å². The van der Waals surface area contributed by atoms with Crippen molar-refractivity contribution in [3.63, 3.8) is 0 Å². The molecule has 0 rings (SSSR count). The summed E-state index contributed by atoms with van der Waals surface area (Å²) in [4.78, 5) is 0. The molecule has 0 aromatic carbocycles. The number of hydrogen-bond donors (Lipinski definition) is 0. The molecule has 0 N–H and O–H groups in total. The van der Waals surface area contributed by atoms with Gasteiger partial charge in [0.2, 0.25) is 0 Å². The smallest absolute Gasteiger partial charge is 0.375 e. The van der Waals surface area contributed by atoms with Gasteiger partial charge in [-0.15, -0.1) is 13.2 Å². The molecule has 0 atom stereocenters. The molecule has 22 heavy (non-hydrogen) atoms. The summed E-state index contributed by atoms with van der Waals surface area (Å²) in [6, 6.07) is 0. The Balaban J connectivity index is 3.79. The summed E-state index contributed by atoms with van der Waals surface area (Å²) in [5.41, 5.74) is 0. The average Bonchev–Trinajstić information content (AvgIpc) is 2.40. The van der Waals surface area contributed by atoms with Gasteiger partial charge in [-0.05, 0) is 0 Å². The fourth-order valence-electron chi connectivity index (χ4n) is 1.10. The molecule has 0 saturated heterocycles. The van der Waals surface area contributed by atoms with Crippen LogP contribution in [-0.2, 0) is 23.7 Å². The fourth-order valence-corrected chi connectivity index (χ4v) is 1.10. The van der Waals surface area contributed by atoms with Crippen LogP contribution in [0.25, 0.3) is 0 Å². The van der Waals surface area contributed by atoms with Gasteiger partial charge >= 0.3 is 12.2 Å². The molecule has 0 spiro atoms. The highest BCUT2D eigenvalue weighted by molar-refractivity contribution is 4.65. The van der Waals surface area contributed by atoms with Gasteiger partial charge in [0.15, 0.2) is 0 Å². The minimum Gasteiger partial charge on any atom is -0.375 e. The summed E-state index contributed by atoms with van der Waals surface area (Å²) in [5.74, 6) is 0. The van der Waals surface area contributed by atoms with Crippen LogP contribution in [0.2, 0.25) is 0 Å². The monoisotopic (exact) mass is 332 g/mol. The second-order valence-corrected chi connectivity index (χ2v) is 3.92. The van der Waals surface area contributed by atoms with Gasteiger partial charge in [-0.3, -0.25) is 4.74 Å². The second kappa shape index (κ2) is 11.6. The van der Waals surface area contributed by atoms with E-state index in [9.17, 15) is 17.6 Å². The fraction of sp³-hybridized carbons (Fsp3) is 0.692. The molecule has 0 fully saturated rings. The number of halogens is 4. The van der Waals surface area contributed by atoms with E-state index in [2.05, 4.69) is 27.4 Å². The molecule has 5 nitrogen and oxygen atoms in total. The predicted molar refractivity (Wildman–Crippen MR) is 69.8 cm³/mol. The van der Waals surface area contributed by atoms with Crippen LogP contribution in [0.5, 0.6) is 0 Å². The molecule has 0 unspecified atom stereocenters. The van der Waals surface area contributed by atoms with E-state index in [0.717, 1.165) is 0 Å². The summed E-state index contributed by atoms with van der Waals surface area (Å²) < 4.78 is 74.2. The Kier molecular flexibility index (Phi) is 11.0. The van der Waals surface area contributed by atoms with Crippen LogP contribution >= 0.6 is 0 Å². The Labute approximate surface area is 126 Å². The average molecular weight is 332 g/mol. The molecule has 0 amide bonds. The van der Waals surface area contributed by atoms with Crippen LogP contribution < -0.4 is 0 Å². The van der Waals surface area contributed by atoms with E-state index in [-0.39, 0.29) is 19.8 Å². The molecule has 0 bridgehead atoms. The first-order chi connectivity index (χ1) is 10.3. The Morgan fingerprint density at radius 3 is 1.82 bits per heavy atom. The van der Waals surface area contributed by atoms with E-state index in [1.165, 1.54) is 12.2 Å².